The summed E-state index contributed by atoms with van der Waals surface area (Å²) < 4.78 is 0. The lowest BCUT2D eigenvalue weighted by molar-refractivity contribution is -0.132. The van der Waals surface area contributed by atoms with Gasteiger partial charge >= 0.3 is 0 Å². The van der Waals surface area contributed by atoms with Gasteiger partial charge in [-0.3, -0.25) is 9.69 Å². The number of rotatable bonds is 3. The van der Waals surface area contributed by atoms with E-state index in [-0.39, 0.29) is 18.0 Å². The van der Waals surface area contributed by atoms with Crippen molar-refractivity contribution in [1.29, 1.82) is 0 Å². The normalized spacial score (nSPS) is 26.4. The van der Waals surface area contributed by atoms with Crippen molar-refractivity contribution < 1.29 is 4.79 Å². The molecule has 2 unspecified atom stereocenters. The van der Waals surface area contributed by atoms with Crippen LogP contribution in [-0.2, 0) is 4.79 Å². The van der Waals surface area contributed by atoms with Gasteiger partial charge in [0.25, 0.3) is 0 Å². The van der Waals surface area contributed by atoms with E-state index in [4.69, 9.17) is 5.73 Å². The second-order valence-corrected chi connectivity index (χ2v) is 4.30. The van der Waals surface area contributed by atoms with Crippen LogP contribution in [0.1, 0.15) is 20.8 Å². The van der Waals surface area contributed by atoms with E-state index in [1.54, 1.807) is 0 Å². The van der Waals surface area contributed by atoms with Gasteiger partial charge in [0, 0.05) is 25.7 Å². The molecule has 1 aliphatic heterocycles. The fourth-order valence-electron chi connectivity index (χ4n) is 2.02. The summed E-state index contributed by atoms with van der Waals surface area (Å²) in [5.74, 6) is 0.482. The molecule has 0 saturated carbocycles. The molecule has 0 aromatic carbocycles. The highest BCUT2D eigenvalue weighted by Crippen LogP contribution is 2.16. The summed E-state index contributed by atoms with van der Waals surface area (Å²) in [5, 5.41) is 2.90. The molecule has 0 bridgehead atoms. The molecule has 0 aliphatic carbocycles. The van der Waals surface area contributed by atoms with Crippen molar-refractivity contribution in [1.82, 2.24) is 10.2 Å². The summed E-state index contributed by atoms with van der Waals surface area (Å²) in [7, 11) is 0. The minimum absolute atomic E-state index is 0.0118. The Morgan fingerprint density at radius 3 is 2.71 bits per heavy atom. The van der Waals surface area contributed by atoms with Crippen LogP contribution < -0.4 is 11.1 Å². The molecule has 1 amide bonds. The van der Waals surface area contributed by atoms with Crippen LogP contribution in [0.2, 0.25) is 0 Å². The van der Waals surface area contributed by atoms with Gasteiger partial charge in [-0.2, -0.15) is 0 Å². The van der Waals surface area contributed by atoms with Crippen molar-refractivity contribution in [2.24, 2.45) is 11.7 Å². The second-order valence-electron chi connectivity index (χ2n) is 4.30. The largest absolute Gasteiger partial charge is 0.353 e. The van der Waals surface area contributed by atoms with Crippen LogP contribution in [0.15, 0.2) is 0 Å². The average molecular weight is 199 g/mol. The fraction of sp³-hybridized carbons (Fsp3) is 0.900. The molecular weight excluding hydrogens is 178 g/mol. The molecule has 3 N–H and O–H groups in total. The van der Waals surface area contributed by atoms with Crippen LogP contribution in [0.4, 0.5) is 0 Å². The molecule has 14 heavy (non-hydrogen) atoms. The van der Waals surface area contributed by atoms with Gasteiger partial charge in [-0.1, -0.05) is 13.8 Å². The van der Waals surface area contributed by atoms with E-state index in [0.717, 1.165) is 13.1 Å². The van der Waals surface area contributed by atoms with Crippen LogP contribution in [0, 0.1) is 5.92 Å². The molecule has 1 aliphatic rings. The van der Waals surface area contributed by atoms with Crippen molar-refractivity contribution in [3.8, 4) is 0 Å². The molecule has 1 heterocycles. The van der Waals surface area contributed by atoms with E-state index in [2.05, 4.69) is 31.0 Å². The molecule has 0 radical (unpaired) electrons. The molecule has 1 saturated heterocycles. The van der Waals surface area contributed by atoms with Gasteiger partial charge in [0.05, 0.1) is 6.04 Å². The fourth-order valence-corrected chi connectivity index (χ4v) is 2.02. The maximum absolute atomic E-state index is 11.7. The van der Waals surface area contributed by atoms with Crippen LogP contribution in [0.3, 0.4) is 0 Å². The quantitative estimate of drug-likeness (QED) is 0.661. The SMILES string of the molecule is CC(C)C1C(=O)NCCN1C(C)CN. The first-order chi connectivity index (χ1) is 6.57. The topological polar surface area (TPSA) is 58.4 Å². The Morgan fingerprint density at radius 2 is 2.21 bits per heavy atom. The van der Waals surface area contributed by atoms with E-state index in [1.165, 1.54) is 0 Å². The average Bonchev–Trinajstić information content (AvgIpc) is 2.15. The Bertz CT molecular complexity index is 206. The van der Waals surface area contributed by atoms with Crippen LogP contribution in [0.25, 0.3) is 0 Å². The van der Waals surface area contributed by atoms with Crippen LogP contribution in [0.5, 0.6) is 0 Å². The smallest absolute Gasteiger partial charge is 0.237 e. The number of piperazine rings is 1. The van der Waals surface area contributed by atoms with Gasteiger partial charge in [-0.25, -0.2) is 0 Å². The van der Waals surface area contributed by atoms with Crippen molar-refractivity contribution in [2.45, 2.75) is 32.9 Å². The second kappa shape index (κ2) is 4.75. The first kappa shape index (κ1) is 11.5. The van der Waals surface area contributed by atoms with Crippen LogP contribution >= 0.6 is 0 Å². The van der Waals surface area contributed by atoms with E-state index in [1.807, 2.05) is 0 Å². The predicted octanol–water partition coefficient (Wildman–Crippen LogP) is -0.210. The molecule has 1 fully saturated rings. The summed E-state index contributed by atoms with van der Waals surface area (Å²) in [6.07, 6.45) is 0. The van der Waals surface area contributed by atoms with Gasteiger partial charge in [0.1, 0.15) is 0 Å². The molecule has 82 valence electrons. The molecular formula is C10H21N3O. The van der Waals surface area contributed by atoms with Gasteiger partial charge in [0.15, 0.2) is 0 Å². The van der Waals surface area contributed by atoms with E-state index in [0.29, 0.717) is 12.5 Å². The first-order valence-corrected chi connectivity index (χ1v) is 5.31. The summed E-state index contributed by atoms with van der Waals surface area (Å²) in [5.41, 5.74) is 5.64. The molecule has 4 heteroatoms. The molecule has 2 atom stereocenters. The number of nitrogens with one attached hydrogen (secondary N) is 1. The predicted molar refractivity (Wildman–Crippen MR) is 56.9 cm³/mol. The highest BCUT2D eigenvalue weighted by atomic mass is 16.2. The lowest BCUT2D eigenvalue weighted by Crippen LogP contribution is -2.60. The maximum Gasteiger partial charge on any atom is 0.237 e. The minimum Gasteiger partial charge on any atom is -0.353 e. The standard InChI is InChI=1S/C10H21N3O/c1-7(2)9-10(14)12-4-5-13(9)8(3)6-11/h7-9H,4-6,11H2,1-3H3,(H,12,14). The van der Waals surface area contributed by atoms with Crippen molar-refractivity contribution in [3.05, 3.63) is 0 Å². The third kappa shape index (κ3) is 2.25. The number of carbonyl (C=O) groups excluding carboxylic acids is 1. The zero-order valence-electron chi connectivity index (χ0n) is 9.29. The number of hydrogen-bond acceptors (Lipinski definition) is 3. The minimum atomic E-state index is -0.0118. The molecule has 0 aromatic heterocycles. The Balaban J connectivity index is 2.74. The lowest BCUT2D eigenvalue weighted by atomic mass is 9.98. The monoisotopic (exact) mass is 199 g/mol. The Kier molecular flexibility index (Phi) is 3.89. The lowest BCUT2D eigenvalue weighted by Gasteiger charge is -2.40. The third-order valence-electron chi connectivity index (χ3n) is 2.83. The van der Waals surface area contributed by atoms with Crippen molar-refractivity contribution in [3.63, 3.8) is 0 Å². The summed E-state index contributed by atoms with van der Waals surface area (Å²) in [4.78, 5) is 13.9. The van der Waals surface area contributed by atoms with Gasteiger partial charge in [-0.15, -0.1) is 0 Å². The molecule has 1 rings (SSSR count). The summed E-state index contributed by atoms with van der Waals surface area (Å²) in [6.45, 7) is 8.49. The zero-order chi connectivity index (χ0) is 10.7. The van der Waals surface area contributed by atoms with Gasteiger partial charge in [0.2, 0.25) is 5.91 Å². The Morgan fingerprint density at radius 1 is 1.57 bits per heavy atom. The number of nitrogens with zero attached hydrogens (tertiary/aromatic N) is 1. The molecule has 0 spiro atoms. The number of hydrogen-bond donors (Lipinski definition) is 2. The highest BCUT2D eigenvalue weighted by molar-refractivity contribution is 5.82. The number of nitrogens with two attached hydrogens (primary N) is 1. The third-order valence-corrected chi connectivity index (χ3v) is 2.83. The maximum atomic E-state index is 11.7. The Hall–Kier alpha value is -0.610. The van der Waals surface area contributed by atoms with Crippen molar-refractivity contribution in [2.75, 3.05) is 19.6 Å². The first-order valence-electron chi connectivity index (χ1n) is 5.31. The van der Waals surface area contributed by atoms with E-state index < -0.39 is 0 Å². The van der Waals surface area contributed by atoms with E-state index in [9.17, 15) is 4.79 Å². The van der Waals surface area contributed by atoms with E-state index >= 15 is 0 Å². The molecule has 0 aromatic rings. The van der Waals surface area contributed by atoms with Crippen molar-refractivity contribution >= 4 is 5.91 Å². The van der Waals surface area contributed by atoms with Crippen LogP contribution in [-0.4, -0.2) is 42.5 Å². The van der Waals surface area contributed by atoms with Gasteiger partial charge in [-0.05, 0) is 12.8 Å². The molecule has 4 nitrogen and oxygen atoms in total. The Labute approximate surface area is 85.8 Å². The number of carbonyl (C=O) groups is 1. The van der Waals surface area contributed by atoms with Gasteiger partial charge < -0.3 is 11.1 Å². The number of amides is 1. The highest BCUT2D eigenvalue weighted by Gasteiger charge is 2.34. The zero-order valence-corrected chi connectivity index (χ0v) is 9.29. The summed E-state index contributed by atoms with van der Waals surface area (Å²) in [6, 6.07) is 0.274. The summed E-state index contributed by atoms with van der Waals surface area (Å²) >= 11 is 0.